The normalized spacial score (nSPS) is 25.8. The molecule has 0 spiro atoms. The fourth-order valence-corrected chi connectivity index (χ4v) is 5.55. The maximum Gasteiger partial charge on any atom is 0.459 e. The molecule has 0 amide bonds. The van der Waals surface area contributed by atoms with E-state index in [1.165, 1.54) is 30.8 Å². The number of aliphatic hydroxyl groups is 1. The third-order valence-electron chi connectivity index (χ3n) is 5.89. The molecule has 0 bridgehead atoms. The van der Waals surface area contributed by atoms with E-state index >= 15 is 4.39 Å². The number of ether oxygens (including phenoxy) is 2. The van der Waals surface area contributed by atoms with Gasteiger partial charge in [0.25, 0.3) is 0 Å². The van der Waals surface area contributed by atoms with Gasteiger partial charge in [0, 0.05) is 12.4 Å². The largest absolute Gasteiger partial charge is 0.462 e. The van der Waals surface area contributed by atoms with E-state index in [1.54, 1.807) is 51.1 Å². The van der Waals surface area contributed by atoms with Crippen LogP contribution in [0, 0.1) is 6.92 Å². The topological polar surface area (TPSA) is 147 Å². The molecule has 14 heteroatoms. The molecule has 12 nitrogen and oxygen atoms in total. The van der Waals surface area contributed by atoms with Gasteiger partial charge >= 0.3 is 13.7 Å². The number of carbonyl (C=O) groups is 1. The van der Waals surface area contributed by atoms with E-state index < -0.39 is 56.6 Å². The number of hydrogen-bond acceptors (Lipinski definition) is 10. The summed E-state index contributed by atoms with van der Waals surface area (Å²) in [6.07, 6.45) is -1.74. The number of rotatable bonds is 10. The second-order valence-corrected chi connectivity index (χ2v) is 11.1. The lowest BCUT2D eigenvalue weighted by atomic mass is 9.98. The average molecular weight is 552 g/mol. The number of esters is 1. The van der Waals surface area contributed by atoms with Gasteiger partial charge in [-0.3, -0.25) is 13.9 Å². The first-order chi connectivity index (χ1) is 17.9. The number of benzene rings is 1. The number of aryl methyl sites for hydroxylation is 1. The van der Waals surface area contributed by atoms with Crippen molar-refractivity contribution in [2.24, 2.45) is 0 Å². The van der Waals surface area contributed by atoms with Gasteiger partial charge in [-0.2, -0.15) is 5.09 Å². The van der Waals surface area contributed by atoms with Crippen LogP contribution in [0.25, 0.3) is 11.3 Å². The molecule has 2 N–H and O–H groups in total. The minimum atomic E-state index is -4.25. The zero-order valence-electron chi connectivity index (χ0n) is 21.6. The number of aliphatic hydroxyl groups excluding tert-OH is 1. The number of nitrogens with zero attached hydrogens (tertiary/aromatic N) is 4. The lowest BCUT2D eigenvalue weighted by Crippen LogP contribution is -2.41. The molecule has 1 aliphatic heterocycles. The van der Waals surface area contributed by atoms with Crippen molar-refractivity contribution in [1.29, 1.82) is 0 Å². The number of alkyl halides is 1. The highest BCUT2D eigenvalue weighted by atomic mass is 31.2. The Hall–Kier alpha value is -2.96. The molecule has 0 radical (unpaired) electrons. The molecular weight excluding hydrogens is 520 g/mol. The smallest absolute Gasteiger partial charge is 0.459 e. The average Bonchev–Trinajstić information content (AvgIpc) is 3.29. The molecule has 206 valence electrons. The van der Waals surface area contributed by atoms with Gasteiger partial charge in [0.15, 0.2) is 23.2 Å². The van der Waals surface area contributed by atoms with Gasteiger partial charge in [-0.15, -0.1) is 0 Å². The molecule has 6 atom stereocenters. The number of fused-ring (bicyclic) bond motifs is 1. The molecule has 3 heterocycles. The fourth-order valence-electron chi connectivity index (χ4n) is 4.05. The highest BCUT2D eigenvalue weighted by Crippen LogP contribution is 2.48. The zero-order valence-corrected chi connectivity index (χ0v) is 22.5. The van der Waals surface area contributed by atoms with E-state index in [4.69, 9.17) is 18.5 Å². The van der Waals surface area contributed by atoms with Crippen molar-refractivity contribution in [3.8, 4) is 5.75 Å². The third kappa shape index (κ3) is 5.87. The van der Waals surface area contributed by atoms with Crippen LogP contribution in [0.1, 0.15) is 39.7 Å². The van der Waals surface area contributed by atoms with Gasteiger partial charge in [-0.1, -0.05) is 18.2 Å². The Kier molecular flexibility index (Phi) is 8.15. The summed E-state index contributed by atoms with van der Waals surface area (Å²) in [6, 6.07) is 7.11. The van der Waals surface area contributed by atoms with E-state index in [1.807, 2.05) is 0 Å². The Morgan fingerprint density at radius 2 is 1.95 bits per heavy atom. The standard InChI is InChI=1S/C24H31FN5O7P/c1-14(2)35-22(32)15(3)29-38(33,37-17-9-7-6-8-10-17)34-13-18-19(31)24(5,25)23(36-18)30-16(4)28-20-21(30)27-12-11-26-20/h6-12,14-15,18-19,23,31H,13H2,1-5H3,(H,29,33)/t15-,18+,19+,23+,24+,38?/m0/s1. The first-order valence-corrected chi connectivity index (χ1v) is 13.6. The zero-order chi connectivity index (χ0) is 27.7. The lowest BCUT2D eigenvalue weighted by molar-refractivity contribution is -0.149. The number of imidazole rings is 1. The van der Waals surface area contributed by atoms with Crippen LogP contribution in [0.5, 0.6) is 5.75 Å². The first kappa shape index (κ1) is 28.1. The Labute approximate surface area is 219 Å². The molecule has 0 aliphatic carbocycles. The SMILES string of the molecule is Cc1nc2nccnc2n1[C@@H]1O[C@H](COP(=O)(N[C@@H](C)C(=O)OC(C)C)Oc2ccccc2)[C@@H](O)[C@@]1(C)F. The predicted octanol–water partition coefficient (Wildman–Crippen LogP) is 3.25. The van der Waals surface area contributed by atoms with Crippen molar-refractivity contribution in [1.82, 2.24) is 24.6 Å². The summed E-state index contributed by atoms with van der Waals surface area (Å²) in [5.74, 6) is -0.0865. The molecule has 1 aliphatic rings. The fraction of sp³-hybridized carbons (Fsp3) is 0.500. The van der Waals surface area contributed by atoms with E-state index in [9.17, 15) is 14.5 Å². The summed E-state index contributed by atoms with van der Waals surface area (Å²) in [5, 5.41) is 13.4. The number of nitrogens with one attached hydrogen (secondary N) is 1. The van der Waals surface area contributed by atoms with Gasteiger partial charge < -0.3 is 19.1 Å². The van der Waals surface area contributed by atoms with Crippen molar-refractivity contribution in [2.75, 3.05) is 6.61 Å². The Morgan fingerprint density at radius 3 is 2.63 bits per heavy atom. The van der Waals surface area contributed by atoms with Crippen LogP contribution >= 0.6 is 7.75 Å². The molecule has 4 rings (SSSR count). The summed E-state index contributed by atoms with van der Waals surface area (Å²) in [6.45, 7) is 7.10. The summed E-state index contributed by atoms with van der Waals surface area (Å²) < 4.78 is 53.3. The quantitative estimate of drug-likeness (QED) is 0.283. The molecule has 1 fully saturated rings. The number of hydrogen-bond donors (Lipinski definition) is 2. The van der Waals surface area contributed by atoms with Crippen molar-refractivity contribution < 1.29 is 37.4 Å². The van der Waals surface area contributed by atoms with E-state index in [0.717, 1.165) is 0 Å². The summed E-state index contributed by atoms with van der Waals surface area (Å²) in [5.41, 5.74) is -1.72. The van der Waals surface area contributed by atoms with Crippen LogP contribution < -0.4 is 9.61 Å². The first-order valence-electron chi connectivity index (χ1n) is 12.1. The molecule has 0 saturated carbocycles. The van der Waals surface area contributed by atoms with E-state index in [-0.39, 0.29) is 11.4 Å². The second-order valence-electron chi connectivity index (χ2n) is 9.39. The second kappa shape index (κ2) is 11.0. The minimum absolute atomic E-state index is 0.202. The molecular formula is C24H31FN5O7P. The number of aromatic nitrogens is 4. The van der Waals surface area contributed by atoms with Crippen molar-refractivity contribution in [3.63, 3.8) is 0 Å². The number of para-hydroxylation sites is 1. The van der Waals surface area contributed by atoms with Crippen molar-refractivity contribution >= 4 is 25.0 Å². The Morgan fingerprint density at radius 1 is 1.26 bits per heavy atom. The monoisotopic (exact) mass is 551 g/mol. The highest BCUT2D eigenvalue weighted by molar-refractivity contribution is 7.52. The Bertz CT molecular complexity index is 1320. The molecule has 3 aromatic rings. The maximum absolute atomic E-state index is 15.9. The van der Waals surface area contributed by atoms with Gasteiger partial charge in [0.05, 0.1) is 12.7 Å². The third-order valence-corrected chi connectivity index (χ3v) is 7.53. The Balaban J connectivity index is 1.55. The van der Waals surface area contributed by atoms with Crippen LogP contribution in [0.2, 0.25) is 0 Å². The van der Waals surface area contributed by atoms with Gasteiger partial charge in [0.2, 0.25) is 0 Å². The molecule has 1 saturated heterocycles. The van der Waals surface area contributed by atoms with Gasteiger partial charge in [0.1, 0.15) is 29.8 Å². The van der Waals surface area contributed by atoms with Crippen LogP contribution in [0.4, 0.5) is 4.39 Å². The lowest BCUT2D eigenvalue weighted by Gasteiger charge is -2.25. The van der Waals surface area contributed by atoms with E-state index in [0.29, 0.717) is 11.5 Å². The van der Waals surface area contributed by atoms with Gasteiger partial charge in [-0.25, -0.2) is 23.9 Å². The van der Waals surface area contributed by atoms with Gasteiger partial charge in [-0.05, 0) is 46.8 Å². The number of carbonyl (C=O) groups excluding carboxylic acids is 1. The van der Waals surface area contributed by atoms with Crippen LogP contribution in [0.3, 0.4) is 0 Å². The van der Waals surface area contributed by atoms with Crippen LogP contribution in [-0.2, 0) is 23.4 Å². The molecule has 38 heavy (non-hydrogen) atoms. The summed E-state index contributed by atoms with van der Waals surface area (Å²) >= 11 is 0. The minimum Gasteiger partial charge on any atom is -0.462 e. The van der Waals surface area contributed by atoms with Crippen molar-refractivity contribution in [2.45, 2.75) is 70.9 Å². The van der Waals surface area contributed by atoms with Crippen molar-refractivity contribution in [3.05, 3.63) is 48.5 Å². The molecule has 1 unspecified atom stereocenters. The number of halogens is 1. The maximum atomic E-state index is 15.9. The van der Waals surface area contributed by atoms with Crippen LogP contribution in [-0.4, -0.2) is 67.2 Å². The predicted molar refractivity (Wildman–Crippen MR) is 134 cm³/mol. The summed E-state index contributed by atoms with van der Waals surface area (Å²) in [4.78, 5) is 25.0. The molecule has 1 aromatic carbocycles. The van der Waals surface area contributed by atoms with E-state index in [2.05, 4.69) is 20.0 Å². The highest BCUT2D eigenvalue weighted by Gasteiger charge is 2.56. The summed E-state index contributed by atoms with van der Waals surface area (Å²) in [7, 11) is -4.25. The molecule has 2 aromatic heterocycles. The van der Waals surface area contributed by atoms with Crippen LogP contribution in [0.15, 0.2) is 42.7 Å².